The van der Waals surface area contributed by atoms with Crippen LogP contribution in [0.1, 0.15) is 58.8 Å². The molecule has 4 bridgehead atoms. The van der Waals surface area contributed by atoms with Gasteiger partial charge in [0, 0.05) is 32.6 Å². The van der Waals surface area contributed by atoms with Gasteiger partial charge in [-0.2, -0.15) is 0 Å². The third-order valence-corrected chi connectivity index (χ3v) is 8.51. The Hall–Kier alpha value is -1.12. The van der Waals surface area contributed by atoms with Gasteiger partial charge in [0.25, 0.3) is 0 Å². The van der Waals surface area contributed by atoms with E-state index in [1.165, 1.54) is 21.8 Å². The predicted molar refractivity (Wildman–Crippen MR) is 105 cm³/mol. The summed E-state index contributed by atoms with van der Waals surface area (Å²) in [6.07, 6.45) is 2.50. The van der Waals surface area contributed by atoms with Crippen LogP contribution in [0.4, 0.5) is 0 Å². The smallest absolute Gasteiger partial charge is 0.0171 e. The van der Waals surface area contributed by atoms with E-state index < -0.39 is 0 Å². The summed E-state index contributed by atoms with van der Waals surface area (Å²) < 4.78 is 2.89. The Morgan fingerprint density at radius 2 is 0.875 bits per heavy atom. The van der Waals surface area contributed by atoms with Crippen molar-refractivity contribution in [2.24, 2.45) is 0 Å². The lowest BCUT2D eigenvalue weighted by atomic mass is 9.80. The Kier molecular flexibility index (Phi) is 2.78. The van der Waals surface area contributed by atoms with Crippen LogP contribution < -0.4 is 0 Å². The van der Waals surface area contributed by atoms with Gasteiger partial charge >= 0.3 is 0 Å². The van der Waals surface area contributed by atoms with Gasteiger partial charge < -0.3 is 0 Å². The van der Waals surface area contributed by atoms with Crippen molar-refractivity contribution in [2.45, 2.75) is 36.5 Å². The number of hydrogen-bond acceptors (Lipinski definition) is 0. The molecule has 6 rings (SSSR count). The Balaban J connectivity index is 1.53. The first-order valence-corrected chi connectivity index (χ1v) is 10.3. The zero-order valence-electron chi connectivity index (χ0n) is 13.1. The number of halogens is 2. The first kappa shape index (κ1) is 14.1. The molecule has 0 N–H and O–H groups in total. The van der Waals surface area contributed by atoms with Gasteiger partial charge in [0.2, 0.25) is 0 Å². The average molecular weight is 440 g/mol. The Labute approximate surface area is 158 Å². The van der Waals surface area contributed by atoms with Gasteiger partial charge in [-0.1, -0.05) is 80.4 Å². The third kappa shape index (κ3) is 1.55. The van der Waals surface area contributed by atoms with E-state index in [1.54, 1.807) is 33.4 Å². The molecule has 24 heavy (non-hydrogen) atoms. The fourth-order valence-electron chi connectivity index (χ4n) is 5.64. The lowest BCUT2D eigenvalue weighted by Crippen LogP contribution is -2.10. The molecular weight excluding hydrogens is 424 g/mol. The van der Waals surface area contributed by atoms with Gasteiger partial charge in [-0.3, -0.25) is 0 Å². The maximum absolute atomic E-state index is 4.01. The van der Waals surface area contributed by atoms with Gasteiger partial charge in [0.05, 0.1) is 0 Å². The third-order valence-electron chi connectivity index (χ3n) is 6.55. The maximum Gasteiger partial charge on any atom is 0.0171 e. The molecule has 0 spiro atoms. The number of hydrogen-bond donors (Lipinski definition) is 0. The highest BCUT2D eigenvalue weighted by molar-refractivity contribution is 9.12. The molecule has 2 aromatic rings. The summed E-state index contributed by atoms with van der Waals surface area (Å²) in [4.78, 5) is 0. The first-order valence-electron chi connectivity index (χ1n) is 8.73. The van der Waals surface area contributed by atoms with Crippen LogP contribution in [0.25, 0.3) is 0 Å². The zero-order chi connectivity index (χ0) is 16.0. The molecule has 0 aliphatic heterocycles. The minimum Gasteiger partial charge on any atom is -0.0620 e. The summed E-state index contributed by atoms with van der Waals surface area (Å²) in [6.45, 7) is 0. The van der Waals surface area contributed by atoms with Crippen LogP contribution in [-0.4, -0.2) is 0 Å². The van der Waals surface area contributed by atoms with E-state index in [0.29, 0.717) is 23.7 Å². The fraction of sp³-hybridized carbons (Fsp3) is 0.273. The topological polar surface area (TPSA) is 0 Å². The average Bonchev–Trinajstić information content (AvgIpc) is 3.33. The second kappa shape index (κ2) is 4.74. The van der Waals surface area contributed by atoms with Crippen LogP contribution in [0, 0.1) is 0 Å². The molecule has 4 atom stereocenters. The zero-order valence-corrected chi connectivity index (χ0v) is 16.3. The molecule has 0 heterocycles. The number of rotatable bonds is 1. The molecule has 118 valence electrons. The fourth-order valence-corrected chi connectivity index (χ4v) is 7.49. The quantitative estimate of drug-likeness (QED) is 0.455. The molecule has 0 saturated carbocycles. The molecular formula is C22H16Br2. The second-order valence-electron chi connectivity index (χ2n) is 7.46. The van der Waals surface area contributed by atoms with E-state index in [-0.39, 0.29) is 0 Å². The van der Waals surface area contributed by atoms with Crippen molar-refractivity contribution in [3.8, 4) is 0 Å². The van der Waals surface area contributed by atoms with Crippen LogP contribution >= 0.6 is 31.9 Å². The van der Waals surface area contributed by atoms with E-state index >= 15 is 0 Å². The summed E-state index contributed by atoms with van der Waals surface area (Å²) in [5.74, 6) is 2.30. The molecule has 0 fully saturated rings. The van der Waals surface area contributed by atoms with E-state index in [9.17, 15) is 0 Å². The van der Waals surface area contributed by atoms with Crippen molar-refractivity contribution in [1.29, 1.82) is 0 Å². The van der Waals surface area contributed by atoms with Crippen molar-refractivity contribution < 1.29 is 0 Å². The predicted octanol–water partition coefficient (Wildman–Crippen LogP) is 6.85. The van der Waals surface area contributed by atoms with Crippen LogP contribution in [0.3, 0.4) is 0 Å². The van der Waals surface area contributed by atoms with Gasteiger partial charge in [-0.15, -0.1) is 0 Å². The van der Waals surface area contributed by atoms with E-state index in [0.717, 1.165) is 0 Å². The monoisotopic (exact) mass is 438 g/mol. The van der Waals surface area contributed by atoms with Crippen molar-refractivity contribution in [3.63, 3.8) is 0 Å². The standard InChI is InChI=1S/C22H16Br2/c23-21-17-9-15(11-5-1-3-7-13(11)17)19(21)20-16-10-18(22(20)24)14-8-4-2-6-12(14)16/h1-8,15-18H,9-10H2/t15-,16-,17+,18+/m1/s1. The summed E-state index contributed by atoms with van der Waals surface area (Å²) in [5, 5.41) is 0. The molecule has 0 nitrogen and oxygen atoms in total. The maximum atomic E-state index is 4.01. The van der Waals surface area contributed by atoms with Crippen molar-refractivity contribution in [1.82, 2.24) is 0 Å². The molecule has 0 saturated heterocycles. The number of benzene rings is 2. The summed E-state index contributed by atoms with van der Waals surface area (Å²) >= 11 is 8.01. The molecule has 0 radical (unpaired) electrons. The minimum atomic E-state index is 0.573. The van der Waals surface area contributed by atoms with E-state index in [4.69, 9.17) is 0 Å². The van der Waals surface area contributed by atoms with Crippen LogP contribution in [0.15, 0.2) is 68.6 Å². The van der Waals surface area contributed by atoms with Gasteiger partial charge in [0.1, 0.15) is 0 Å². The SMILES string of the molecule is BrC1=C(C2=C(Br)[C@H]3C[C@@H]2c2ccccc23)[C@@H]2C[C@H]1c1ccccc12. The molecule has 0 unspecified atom stereocenters. The Morgan fingerprint density at radius 3 is 1.25 bits per heavy atom. The summed E-state index contributed by atoms with van der Waals surface area (Å²) in [5.41, 5.74) is 9.38. The van der Waals surface area contributed by atoms with Crippen molar-refractivity contribution >= 4 is 31.9 Å². The van der Waals surface area contributed by atoms with Crippen molar-refractivity contribution in [3.05, 3.63) is 90.9 Å². The molecule has 4 aliphatic carbocycles. The van der Waals surface area contributed by atoms with Crippen molar-refractivity contribution in [2.75, 3.05) is 0 Å². The second-order valence-corrected chi connectivity index (χ2v) is 9.17. The van der Waals surface area contributed by atoms with Gasteiger partial charge in [-0.05, 0) is 46.2 Å². The van der Waals surface area contributed by atoms with Gasteiger partial charge in [-0.25, -0.2) is 0 Å². The highest BCUT2D eigenvalue weighted by Crippen LogP contribution is 2.67. The summed E-state index contributed by atoms with van der Waals surface area (Å²) in [7, 11) is 0. The molecule has 0 aromatic heterocycles. The molecule has 0 amide bonds. The van der Waals surface area contributed by atoms with Crippen LogP contribution in [0.5, 0.6) is 0 Å². The molecule has 2 aromatic carbocycles. The van der Waals surface area contributed by atoms with E-state index in [1.807, 2.05) is 0 Å². The minimum absolute atomic E-state index is 0.573. The van der Waals surface area contributed by atoms with Crippen LogP contribution in [0.2, 0.25) is 0 Å². The van der Waals surface area contributed by atoms with Crippen LogP contribution in [-0.2, 0) is 0 Å². The Bertz CT molecular complexity index is 886. The Morgan fingerprint density at radius 1 is 0.542 bits per heavy atom. The van der Waals surface area contributed by atoms with Gasteiger partial charge in [0.15, 0.2) is 0 Å². The number of fused-ring (bicyclic) bond motifs is 10. The normalized spacial score (nSPS) is 31.9. The number of allylic oxidation sites excluding steroid dienone is 4. The highest BCUT2D eigenvalue weighted by atomic mass is 79.9. The first-order chi connectivity index (χ1) is 11.8. The lowest BCUT2D eigenvalue weighted by molar-refractivity contribution is 0.754. The van der Waals surface area contributed by atoms with E-state index in [2.05, 4.69) is 80.4 Å². The largest absolute Gasteiger partial charge is 0.0620 e. The molecule has 4 aliphatic rings. The lowest BCUT2D eigenvalue weighted by Gasteiger charge is -2.27. The highest BCUT2D eigenvalue weighted by Gasteiger charge is 2.50. The molecule has 2 heteroatoms. The summed E-state index contributed by atoms with van der Waals surface area (Å²) in [6, 6.07) is 18.1.